The summed E-state index contributed by atoms with van der Waals surface area (Å²) in [6.45, 7) is 1.81. The van der Waals surface area contributed by atoms with Gasteiger partial charge in [0.1, 0.15) is 30.5 Å². The van der Waals surface area contributed by atoms with Crippen molar-refractivity contribution in [2.75, 3.05) is 31.1 Å². The van der Waals surface area contributed by atoms with Gasteiger partial charge in [0.05, 0.1) is 0 Å². The summed E-state index contributed by atoms with van der Waals surface area (Å²) in [5.41, 5.74) is 0.140. The molecular formula is C18H16F3N7O2. The summed E-state index contributed by atoms with van der Waals surface area (Å²) in [6, 6.07) is 6.84. The first-order valence-corrected chi connectivity index (χ1v) is 8.96. The minimum atomic E-state index is -4.81. The molecule has 1 aromatic carbocycles. The number of halogens is 3. The molecule has 0 N–H and O–H groups in total. The molecule has 0 unspecified atom stereocenters. The van der Waals surface area contributed by atoms with E-state index in [1.807, 2.05) is 4.90 Å². The molecule has 1 aliphatic heterocycles. The molecule has 0 radical (unpaired) electrons. The maximum atomic E-state index is 12.7. The molecule has 2 aromatic heterocycles. The van der Waals surface area contributed by atoms with Crippen molar-refractivity contribution in [3.05, 3.63) is 54.9 Å². The highest BCUT2D eigenvalue weighted by Crippen LogP contribution is 2.24. The maximum Gasteiger partial charge on any atom is 0.573 e. The average Bonchev–Trinajstić information content (AvgIpc) is 3.27. The Morgan fingerprint density at radius 1 is 1.00 bits per heavy atom. The smallest absolute Gasteiger partial charge is 0.406 e. The number of carbonyl (C=O) groups excluding carboxylic acids is 1. The number of nitrogens with zero attached hydrogens (tertiary/aromatic N) is 7. The molecular weight excluding hydrogens is 403 g/mol. The summed E-state index contributed by atoms with van der Waals surface area (Å²) in [5, 5.41) is 4.03. The van der Waals surface area contributed by atoms with Crippen molar-refractivity contribution in [1.29, 1.82) is 0 Å². The van der Waals surface area contributed by atoms with Crippen LogP contribution in [-0.2, 0) is 0 Å². The monoisotopic (exact) mass is 419 g/mol. The normalized spacial score (nSPS) is 14.6. The number of rotatable bonds is 4. The Labute approximate surface area is 168 Å². The minimum Gasteiger partial charge on any atom is -0.406 e. The number of piperazine rings is 1. The van der Waals surface area contributed by atoms with Crippen LogP contribution in [0, 0.1) is 0 Å². The van der Waals surface area contributed by atoms with Crippen LogP contribution in [0.1, 0.15) is 10.4 Å². The summed E-state index contributed by atoms with van der Waals surface area (Å²) in [7, 11) is 0. The molecule has 3 aromatic rings. The van der Waals surface area contributed by atoms with Gasteiger partial charge in [-0.1, -0.05) is 6.07 Å². The summed E-state index contributed by atoms with van der Waals surface area (Å²) in [6.07, 6.45) is -0.452. The largest absolute Gasteiger partial charge is 0.573 e. The number of anilines is 1. The summed E-state index contributed by atoms with van der Waals surface area (Å²) in [5.74, 6) is 0.475. The number of benzene rings is 1. The zero-order chi connectivity index (χ0) is 21.1. The van der Waals surface area contributed by atoms with Crippen LogP contribution in [0.15, 0.2) is 49.3 Å². The topological polar surface area (TPSA) is 89.3 Å². The van der Waals surface area contributed by atoms with Gasteiger partial charge in [0.25, 0.3) is 5.91 Å². The van der Waals surface area contributed by atoms with Crippen molar-refractivity contribution in [2.45, 2.75) is 6.36 Å². The van der Waals surface area contributed by atoms with Gasteiger partial charge in [0.2, 0.25) is 0 Å². The zero-order valence-corrected chi connectivity index (χ0v) is 15.5. The summed E-state index contributed by atoms with van der Waals surface area (Å²) in [4.78, 5) is 28.6. The third kappa shape index (κ3) is 4.47. The van der Waals surface area contributed by atoms with Crippen molar-refractivity contribution in [1.82, 2.24) is 29.6 Å². The third-order valence-electron chi connectivity index (χ3n) is 4.50. The molecule has 4 rings (SSSR count). The zero-order valence-electron chi connectivity index (χ0n) is 15.5. The summed E-state index contributed by atoms with van der Waals surface area (Å²) >= 11 is 0. The average molecular weight is 419 g/mol. The molecule has 156 valence electrons. The van der Waals surface area contributed by atoms with E-state index in [0.717, 1.165) is 12.1 Å². The number of amides is 1. The lowest BCUT2D eigenvalue weighted by molar-refractivity contribution is -0.274. The van der Waals surface area contributed by atoms with E-state index in [9.17, 15) is 18.0 Å². The van der Waals surface area contributed by atoms with Gasteiger partial charge in [-0.05, 0) is 18.2 Å². The molecule has 0 bridgehead atoms. The van der Waals surface area contributed by atoms with Crippen LogP contribution < -0.4 is 9.64 Å². The fraction of sp³-hybridized carbons (Fsp3) is 0.278. The standard InChI is InChI=1S/C18H16F3N7O2/c19-18(20,21)30-14-3-1-2-13(8-14)17(29)27-6-4-26(5-7-27)15-9-16(24-11-23-15)28-12-22-10-25-28/h1-3,8-12H,4-7H2. The van der Waals surface area contributed by atoms with Crippen LogP contribution in [0.2, 0.25) is 0 Å². The van der Waals surface area contributed by atoms with Gasteiger partial charge in [-0.3, -0.25) is 4.79 Å². The predicted octanol–water partition coefficient (Wildman–Crippen LogP) is 1.92. The Bertz CT molecular complexity index is 1020. The van der Waals surface area contributed by atoms with E-state index in [4.69, 9.17) is 0 Å². The molecule has 0 spiro atoms. The Morgan fingerprint density at radius 2 is 1.77 bits per heavy atom. The Hall–Kier alpha value is -3.70. The fourth-order valence-electron chi connectivity index (χ4n) is 3.11. The maximum absolute atomic E-state index is 12.7. The molecule has 0 aliphatic carbocycles. The van der Waals surface area contributed by atoms with E-state index in [2.05, 4.69) is 24.8 Å². The highest BCUT2D eigenvalue weighted by atomic mass is 19.4. The first-order valence-electron chi connectivity index (χ1n) is 8.96. The van der Waals surface area contributed by atoms with Gasteiger partial charge in [-0.25, -0.2) is 19.6 Å². The van der Waals surface area contributed by atoms with Crippen LogP contribution in [0.3, 0.4) is 0 Å². The molecule has 12 heteroatoms. The number of alkyl halides is 3. The van der Waals surface area contributed by atoms with E-state index in [0.29, 0.717) is 37.8 Å². The lowest BCUT2D eigenvalue weighted by Crippen LogP contribution is -2.49. The Balaban J connectivity index is 1.41. The fourth-order valence-corrected chi connectivity index (χ4v) is 3.11. The van der Waals surface area contributed by atoms with Crippen molar-refractivity contribution in [3.63, 3.8) is 0 Å². The second kappa shape index (κ2) is 7.97. The predicted molar refractivity (Wildman–Crippen MR) is 98.2 cm³/mol. The Kier molecular flexibility index (Phi) is 5.21. The summed E-state index contributed by atoms with van der Waals surface area (Å²) < 4.78 is 42.6. The Morgan fingerprint density at radius 3 is 2.47 bits per heavy atom. The molecule has 1 aliphatic rings. The van der Waals surface area contributed by atoms with Gasteiger partial charge in [0.15, 0.2) is 5.82 Å². The van der Waals surface area contributed by atoms with Crippen LogP contribution in [0.5, 0.6) is 5.75 Å². The third-order valence-corrected chi connectivity index (χ3v) is 4.50. The van der Waals surface area contributed by atoms with Crippen LogP contribution in [0.4, 0.5) is 19.0 Å². The SMILES string of the molecule is O=C(c1cccc(OC(F)(F)F)c1)N1CCN(c2cc(-n3cncn3)ncn2)CC1. The molecule has 1 fully saturated rings. The molecule has 0 atom stereocenters. The van der Waals surface area contributed by atoms with Crippen molar-refractivity contribution in [3.8, 4) is 11.6 Å². The van der Waals surface area contributed by atoms with E-state index < -0.39 is 12.1 Å². The number of ether oxygens (including phenoxy) is 1. The van der Waals surface area contributed by atoms with Crippen LogP contribution in [0.25, 0.3) is 5.82 Å². The van der Waals surface area contributed by atoms with E-state index in [1.165, 1.54) is 35.8 Å². The van der Waals surface area contributed by atoms with Gasteiger partial charge in [-0.15, -0.1) is 13.2 Å². The highest BCUT2D eigenvalue weighted by molar-refractivity contribution is 5.94. The molecule has 9 nitrogen and oxygen atoms in total. The van der Waals surface area contributed by atoms with Gasteiger partial charge < -0.3 is 14.5 Å². The van der Waals surface area contributed by atoms with Crippen molar-refractivity contribution in [2.24, 2.45) is 0 Å². The van der Waals surface area contributed by atoms with Crippen LogP contribution in [-0.4, -0.2) is 68.1 Å². The number of carbonyl (C=O) groups is 1. The van der Waals surface area contributed by atoms with Gasteiger partial charge in [0, 0.05) is 37.8 Å². The first-order chi connectivity index (χ1) is 14.4. The quantitative estimate of drug-likeness (QED) is 0.638. The number of aromatic nitrogens is 5. The molecule has 0 saturated carbocycles. The van der Waals surface area contributed by atoms with E-state index in [-0.39, 0.29) is 11.5 Å². The number of hydrogen-bond donors (Lipinski definition) is 0. The van der Waals surface area contributed by atoms with E-state index in [1.54, 1.807) is 11.0 Å². The second-order valence-electron chi connectivity index (χ2n) is 6.43. The second-order valence-corrected chi connectivity index (χ2v) is 6.43. The molecule has 1 saturated heterocycles. The van der Waals surface area contributed by atoms with Gasteiger partial charge in [-0.2, -0.15) is 5.10 Å². The first kappa shape index (κ1) is 19.6. The van der Waals surface area contributed by atoms with Gasteiger partial charge >= 0.3 is 6.36 Å². The van der Waals surface area contributed by atoms with Crippen molar-refractivity contribution >= 4 is 11.7 Å². The molecule has 3 heterocycles. The highest BCUT2D eigenvalue weighted by Gasteiger charge is 2.31. The van der Waals surface area contributed by atoms with E-state index >= 15 is 0 Å². The minimum absolute atomic E-state index is 0.140. The number of hydrogen-bond acceptors (Lipinski definition) is 7. The van der Waals surface area contributed by atoms with Crippen LogP contribution >= 0.6 is 0 Å². The lowest BCUT2D eigenvalue weighted by Gasteiger charge is -2.35. The molecule has 30 heavy (non-hydrogen) atoms. The van der Waals surface area contributed by atoms with Crippen molar-refractivity contribution < 1.29 is 22.7 Å². The molecule has 1 amide bonds. The lowest BCUT2D eigenvalue weighted by atomic mass is 10.1.